The summed E-state index contributed by atoms with van der Waals surface area (Å²) in [5, 5.41) is 1.18. The van der Waals surface area contributed by atoms with Crippen LogP contribution in [0.15, 0.2) is 24.5 Å². The largest absolute Gasteiger partial charge is 0.361 e. The smallest absolute Gasteiger partial charge is 0.0537 e. The topological polar surface area (TPSA) is 54.7 Å². The van der Waals surface area contributed by atoms with Gasteiger partial charge in [0.15, 0.2) is 0 Å². The maximum atomic E-state index is 5.61. The Morgan fingerprint density at radius 3 is 3.15 bits per heavy atom. The van der Waals surface area contributed by atoms with E-state index in [1.807, 2.05) is 24.5 Å². The Kier molecular flexibility index (Phi) is 2.02. The van der Waals surface area contributed by atoms with Gasteiger partial charge in [0.05, 0.1) is 5.69 Å². The number of aromatic amines is 1. The molecule has 2 rings (SSSR count). The molecule has 0 aliphatic heterocycles. The van der Waals surface area contributed by atoms with Crippen molar-refractivity contribution >= 4 is 10.9 Å². The minimum absolute atomic E-state index is 0.319. The van der Waals surface area contributed by atoms with Gasteiger partial charge in [-0.2, -0.15) is 0 Å². The lowest BCUT2D eigenvalue weighted by molar-refractivity contribution is 0.754. The summed E-state index contributed by atoms with van der Waals surface area (Å²) in [4.78, 5) is 7.51. The normalized spacial score (nSPS) is 13.4. The van der Waals surface area contributed by atoms with Gasteiger partial charge in [-0.25, -0.2) is 0 Å². The molecule has 0 amide bonds. The van der Waals surface area contributed by atoms with Crippen molar-refractivity contribution < 1.29 is 0 Å². The molecule has 0 saturated heterocycles. The van der Waals surface area contributed by atoms with Crippen LogP contribution in [0.2, 0.25) is 0 Å². The highest BCUT2D eigenvalue weighted by atomic mass is 14.7. The molecule has 13 heavy (non-hydrogen) atoms. The SMILES string of the molecule is CC(CN)c1nccc2[nH]ccc12. The van der Waals surface area contributed by atoms with Crippen LogP contribution >= 0.6 is 0 Å². The van der Waals surface area contributed by atoms with E-state index in [0.717, 1.165) is 11.2 Å². The number of hydrogen-bond acceptors (Lipinski definition) is 2. The monoisotopic (exact) mass is 175 g/mol. The Morgan fingerprint density at radius 2 is 2.38 bits per heavy atom. The molecule has 3 N–H and O–H groups in total. The minimum Gasteiger partial charge on any atom is -0.361 e. The van der Waals surface area contributed by atoms with Crippen molar-refractivity contribution in [1.29, 1.82) is 0 Å². The van der Waals surface area contributed by atoms with Gasteiger partial charge < -0.3 is 10.7 Å². The van der Waals surface area contributed by atoms with Crippen molar-refractivity contribution in [1.82, 2.24) is 9.97 Å². The summed E-state index contributed by atoms with van der Waals surface area (Å²) in [6.45, 7) is 2.73. The Bertz CT molecular complexity index is 405. The molecule has 1 atom stereocenters. The molecule has 0 saturated carbocycles. The number of nitrogens with zero attached hydrogens (tertiary/aromatic N) is 1. The predicted octanol–water partition coefficient (Wildman–Crippen LogP) is 1.63. The van der Waals surface area contributed by atoms with Crippen molar-refractivity contribution in [2.24, 2.45) is 5.73 Å². The number of rotatable bonds is 2. The second kappa shape index (κ2) is 3.18. The third kappa shape index (κ3) is 1.31. The fourth-order valence-corrected chi connectivity index (χ4v) is 1.51. The van der Waals surface area contributed by atoms with Gasteiger partial charge in [0, 0.05) is 35.8 Å². The molecule has 0 fully saturated rings. The Labute approximate surface area is 77.0 Å². The molecule has 3 heteroatoms. The molecule has 2 aromatic rings. The third-order valence-electron chi connectivity index (χ3n) is 2.33. The van der Waals surface area contributed by atoms with Gasteiger partial charge in [-0.05, 0) is 12.1 Å². The maximum Gasteiger partial charge on any atom is 0.0537 e. The van der Waals surface area contributed by atoms with E-state index in [0.29, 0.717) is 12.5 Å². The number of pyridine rings is 1. The summed E-state index contributed by atoms with van der Waals surface area (Å²) in [6.07, 6.45) is 3.75. The first-order valence-corrected chi connectivity index (χ1v) is 4.45. The lowest BCUT2D eigenvalue weighted by Gasteiger charge is -2.08. The van der Waals surface area contributed by atoms with Crippen molar-refractivity contribution in [2.45, 2.75) is 12.8 Å². The first kappa shape index (κ1) is 8.26. The van der Waals surface area contributed by atoms with Crippen LogP contribution in [0.25, 0.3) is 10.9 Å². The van der Waals surface area contributed by atoms with Gasteiger partial charge >= 0.3 is 0 Å². The van der Waals surface area contributed by atoms with Crippen LogP contribution in [0.5, 0.6) is 0 Å². The number of nitrogens with one attached hydrogen (secondary N) is 1. The highest BCUT2D eigenvalue weighted by Crippen LogP contribution is 2.21. The fourth-order valence-electron chi connectivity index (χ4n) is 1.51. The van der Waals surface area contributed by atoms with E-state index in [9.17, 15) is 0 Å². The Morgan fingerprint density at radius 1 is 1.54 bits per heavy atom. The number of H-pyrrole nitrogens is 1. The molecule has 2 aromatic heterocycles. The van der Waals surface area contributed by atoms with Crippen LogP contribution in [0.4, 0.5) is 0 Å². The quantitative estimate of drug-likeness (QED) is 0.728. The lowest BCUT2D eigenvalue weighted by Crippen LogP contribution is -2.10. The van der Waals surface area contributed by atoms with Crippen molar-refractivity contribution in [3.05, 3.63) is 30.2 Å². The second-order valence-electron chi connectivity index (χ2n) is 3.27. The van der Waals surface area contributed by atoms with Gasteiger partial charge in [0.1, 0.15) is 0 Å². The van der Waals surface area contributed by atoms with Crippen LogP contribution in [0.3, 0.4) is 0 Å². The van der Waals surface area contributed by atoms with Crippen LogP contribution in [0.1, 0.15) is 18.5 Å². The molecule has 0 aromatic carbocycles. The van der Waals surface area contributed by atoms with Gasteiger partial charge in [-0.3, -0.25) is 4.98 Å². The van der Waals surface area contributed by atoms with E-state index in [-0.39, 0.29) is 0 Å². The van der Waals surface area contributed by atoms with E-state index < -0.39 is 0 Å². The Hall–Kier alpha value is -1.35. The average Bonchev–Trinajstić information content (AvgIpc) is 2.63. The summed E-state index contributed by atoms with van der Waals surface area (Å²) in [7, 11) is 0. The van der Waals surface area contributed by atoms with Crippen molar-refractivity contribution in [3.8, 4) is 0 Å². The van der Waals surface area contributed by atoms with Gasteiger partial charge in [0.25, 0.3) is 0 Å². The van der Waals surface area contributed by atoms with Crippen LogP contribution < -0.4 is 5.73 Å². The van der Waals surface area contributed by atoms with Crippen LogP contribution in [-0.2, 0) is 0 Å². The molecule has 3 nitrogen and oxygen atoms in total. The highest BCUT2D eigenvalue weighted by molar-refractivity contribution is 5.81. The molecular formula is C10H13N3. The summed E-state index contributed by atoms with van der Waals surface area (Å²) >= 11 is 0. The third-order valence-corrected chi connectivity index (χ3v) is 2.33. The summed E-state index contributed by atoms with van der Waals surface area (Å²) < 4.78 is 0. The minimum atomic E-state index is 0.319. The maximum absolute atomic E-state index is 5.61. The molecule has 0 radical (unpaired) electrons. The highest BCUT2D eigenvalue weighted by Gasteiger charge is 2.08. The first-order valence-electron chi connectivity index (χ1n) is 4.45. The van der Waals surface area contributed by atoms with E-state index in [2.05, 4.69) is 16.9 Å². The van der Waals surface area contributed by atoms with Crippen LogP contribution in [0, 0.1) is 0 Å². The summed E-state index contributed by atoms with van der Waals surface area (Å²) in [5.74, 6) is 0.319. The first-order chi connectivity index (χ1) is 6.33. The zero-order chi connectivity index (χ0) is 9.26. The molecule has 2 heterocycles. The Balaban J connectivity index is 2.60. The summed E-state index contributed by atoms with van der Waals surface area (Å²) in [6, 6.07) is 4.02. The number of nitrogens with two attached hydrogens (primary N) is 1. The zero-order valence-electron chi connectivity index (χ0n) is 7.62. The van der Waals surface area contributed by atoms with Crippen LogP contribution in [-0.4, -0.2) is 16.5 Å². The molecule has 0 bridgehead atoms. The second-order valence-corrected chi connectivity index (χ2v) is 3.27. The average molecular weight is 175 g/mol. The number of fused-ring (bicyclic) bond motifs is 1. The molecule has 0 aliphatic carbocycles. The number of hydrogen-bond donors (Lipinski definition) is 2. The number of aromatic nitrogens is 2. The zero-order valence-corrected chi connectivity index (χ0v) is 7.62. The van der Waals surface area contributed by atoms with Crippen molar-refractivity contribution in [2.75, 3.05) is 6.54 Å². The molecule has 0 aliphatic rings. The molecule has 0 spiro atoms. The molecule has 1 unspecified atom stereocenters. The predicted molar refractivity (Wildman–Crippen MR) is 53.6 cm³/mol. The van der Waals surface area contributed by atoms with Gasteiger partial charge in [0.2, 0.25) is 0 Å². The van der Waals surface area contributed by atoms with E-state index >= 15 is 0 Å². The molecule has 68 valence electrons. The summed E-state index contributed by atoms with van der Waals surface area (Å²) in [5.41, 5.74) is 7.83. The lowest BCUT2D eigenvalue weighted by atomic mass is 10.0. The fraction of sp³-hybridized carbons (Fsp3) is 0.300. The van der Waals surface area contributed by atoms with Gasteiger partial charge in [-0.1, -0.05) is 6.92 Å². The van der Waals surface area contributed by atoms with Crippen molar-refractivity contribution in [3.63, 3.8) is 0 Å². The van der Waals surface area contributed by atoms with Gasteiger partial charge in [-0.15, -0.1) is 0 Å². The van der Waals surface area contributed by atoms with E-state index in [4.69, 9.17) is 5.73 Å². The van der Waals surface area contributed by atoms with E-state index in [1.165, 1.54) is 5.39 Å². The molecular weight excluding hydrogens is 162 g/mol. The van der Waals surface area contributed by atoms with E-state index in [1.54, 1.807) is 0 Å². The standard InChI is InChI=1S/C10H13N3/c1-7(6-11)10-8-2-4-12-9(8)3-5-13-10/h2-5,7,12H,6,11H2,1H3.